The van der Waals surface area contributed by atoms with Crippen molar-refractivity contribution >= 4 is 37.4 Å². The van der Waals surface area contributed by atoms with E-state index in [2.05, 4.69) is 21.2 Å². The van der Waals surface area contributed by atoms with Crippen molar-refractivity contribution < 1.29 is 13.2 Å². The van der Waals surface area contributed by atoms with Gasteiger partial charge in [0.1, 0.15) is 0 Å². The van der Waals surface area contributed by atoms with Crippen molar-refractivity contribution in [3.05, 3.63) is 29.3 Å². The Morgan fingerprint density at radius 2 is 1.95 bits per heavy atom. The minimum Gasteiger partial charge on any atom is -0.326 e. The van der Waals surface area contributed by atoms with Crippen molar-refractivity contribution in [2.45, 2.75) is 36.3 Å². The molecule has 2 rings (SSSR count). The molecule has 6 heteroatoms. The quantitative estimate of drug-likeness (QED) is 0.844. The third-order valence-corrected chi connectivity index (χ3v) is 8.01. The highest BCUT2D eigenvalue weighted by molar-refractivity contribution is 9.09. The van der Waals surface area contributed by atoms with Gasteiger partial charge in [-0.1, -0.05) is 28.1 Å². The van der Waals surface area contributed by atoms with Gasteiger partial charge in [0, 0.05) is 18.4 Å². The average Bonchev–Trinajstić information content (AvgIpc) is 2.35. The zero-order valence-corrected chi connectivity index (χ0v) is 14.1. The maximum Gasteiger partial charge on any atom is 0.224 e. The van der Waals surface area contributed by atoms with Crippen LogP contribution in [-0.2, 0) is 21.1 Å². The summed E-state index contributed by atoms with van der Waals surface area (Å²) in [6.45, 7) is 3.42. The Kier molecular flexibility index (Phi) is 3.99. The molecule has 1 N–H and O–H groups in total. The van der Waals surface area contributed by atoms with Gasteiger partial charge in [-0.2, -0.15) is 0 Å². The highest BCUT2D eigenvalue weighted by Gasteiger charge is 2.38. The van der Waals surface area contributed by atoms with Crippen LogP contribution >= 0.6 is 15.9 Å². The summed E-state index contributed by atoms with van der Waals surface area (Å²) in [7, 11) is -3.20. The van der Waals surface area contributed by atoms with Gasteiger partial charge >= 0.3 is 0 Å². The highest BCUT2D eigenvalue weighted by atomic mass is 79.9. The SMILES string of the molecule is CC(C)(C(Br)c1ccc2c(c1)CCC(=O)N2)S(C)(=O)=O. The molecule has 110 valence electrons. The summed E-state index contributed by atoms with van der Waals surface area (Å²) >= 11 is 3.52. The van der Waals surface area contributed by atoms with Gasteiger partial charge in [0.05, 0.1) is 9.57 Å². The van der Waals surface area contributed by atoms with Crippen LogP contribution in [0.5, 0.6) is 0 Å². The second-order valence-corrected chi connectivity index (χ2v) is 9.22. The molecule has 1 heterocycles. The van der Waals surface area contributed by atoms with Crippen LogP contribution in [0.15, 0.2) is 18.2 Å². The lowest BCUT2D eigenvalue weighted by atomic mass is 9.95. The van der Waals surface area contributed by atoms with Crippen molar-refractivity contribution in [1.29, 1.82) is 0 Å². The second-order valence-electron chi connectivity index (χ2n) is 5.70. The summed E-state index contributed by atoms with van der Waals surface area (Å²) in [4.78, 5) is 11.0. The van der Waals surface area contributed by atoms with Crippen molar-refractivity contribution in [2.24, 2.45) is 0 Å². The van der Waals surface area contributed by atoms with E-state index in [4.69, 9.17) is 0 Å². The topological polar surface area (TPSA) is 63.2 Å². The van der Waals surface area contributed by atoms with E-state index in [1.807, 2.05) is 18.2 Å². The summed E-state index contributed by atoms with van der Waals surface area (Å²) < 4.78 is 22.9. The molecule has 0 spiro atoms. The number of anilines is 1. The third-order valence-electron chi connectivity index (χ3n) is 3.88. The molecule has 1 aliphatic heterocycles. The standard InChI is InChI=1S/C14H18BrNO3S/c1-14(2,20(3,18)19)13(15)10-4-6-11-9(8-10)5-7-12(17)16-11/h4,6,8,13H,5,7H2,1-3H3,(H,16,17). The normalized spacial score (nSPS) is 17.3. The van der Waals surface area contributed by atoms with Crippen LogP contribution in [0, 0.1) is 0 Å². The lowest BCUT2D eigenvalue weighted by Gasteiger charge is -2.29. The zero-order chi connectivity index (χ0) is 15.1. The predicted octanol–water partition coefficient (Wildman–Crippen LogP) is 2.83. The molecular weight excluding hydrogens is 342 g/mol. The molecule has 1 unspecified atom stereocenters. The van der Waals surface area contributed by atoms with Gasteiger partial charge in [0.15, 0.2) is 9.84 Å². The minimum atomic E-state index is -3.20. The molecule has 0 radical (unpaired) electrons. The molecule has 0 aromatic heterocycles. The van der Waals surface area contributed by atoms with Crippen LogP contribution in [0.25, 0.3) is 0 Å². The summed E-state index contributed by atoms with van der Waals surface area (Å²) in [5, 5.41) is 2.82. The van der Waals surface area contributed by atoms with Gasteiger partial charge < -0.3 is 5.32 Å². The molecule has 0 aliphatic carbocycles. The Morgan fingerprint density at radius 1 is 1.30 bits per heavy atom. The number of sulfone groups is 1. The lowest BCUT2D eigenvalue weighted by Crippen LogP contribution is -2.35. The van der Waals surface area contributed by atoms with E-state index in [0.717, 1.165) is 16.8 Å². The number of hydrogen-bond acceptors (Lipinski definition) is 3. The number of aryl methyl sites for hydroxylation is 1. The molecule has 4 nitrogen and oxygen atoms in total. The van der Waals surface area contributed by atoms with E-state index in [9.17, 15) is 13.2 Å². The Hall–Kier alpha value is -0.880. The third kappa shape index (κ3) is 2.76. The van der Waals surface area contributed by atoms with Crippen LogP contribution in [0.4, 0.5) is 5.69 Å². The van der Waals surface area contributed by atoms with E-state index in [1.165, 1.54) is 6.26 Å². The first kappa shape index (κ1) is 15.5. The van der Waals surface area contributed by atoms with Gasteiger partial charge in [-0.25, -0.2) is 8.42 Å². The number of rotatable bonds is 3. The van der Waals surface area contributed by atoms with Crippen LogP contribution in [-0.4, -0.2) is 25.3 Å². The molecule has 0 saturated carbocycles. The number of amides is 1. The van der Waals surface area contributed by atoms with E-state index < -0.39 is 14.6 Å². The Labute approximate surface area is 128 Å². The number of hydrogen-bond donors (Lipinski definition) is 1. The van der Waals surface area contributed by atoms with Crippen LogP contribution in [0.1, 0.15) is 36.2 Å². The molecule has 1 atom stereocenters. The molecule has 1 aliphatic rings. The minimum absolute atomic E-state index is 0.0251. The van der Waals surface area contributed by atoms with Crippen LogP contribution in [0.2, 0.25) is 0 Å². The predicted molar refractivity (Wildman–Crippen MR) is 84.0 cm³/mol. The van der Waals surface area contributed by atoms with Gasteiger partial charge in [-0.05, 0) is 37.5 Å². The molecule has 1 amide bonds. The number of benzene rings is 1. The number of carbonyl (C=O) groups is 1. The average molecular weight is 360 g/mol. The van der Waals surface area contributed by atoms with Crippen molar-refractivity contribution in [3.8, 4) is 0 Å². The number of alkyl halides is 1. The summed E-state index contributed by atoms with van der Waals surface area (Å²) in [6.07, 6.45) is 2.41. The van der Waals surface area contributed by atoms with E-state index in [-0.39, 0.29) is 10.7 Å². The van der Waals surface area contributed by atoms with Gasteiger partial charge in [-0.3, -0.25) is 4.79 Å². The first-order valence-corrected chi connectivity index (χ1v) is 9.20. The first-order chi connectivity index (χ1) is 9.13. The number of carbonyl (C=O) groups excluding carboxylic acids is 1. The van der Waals surface area contributed by atoms with Crippen LogP contribution in [0.3, 0.4) is 0 Å². The van der Waals surface area contributed by atoms with Crippen molar-refractivity contribution in [1.82, 2.24) is 0 Å². The summed E-state index contributed by atoms with van der Waals surface area (Å²) in [6, 6.07) is 5.67. The van der Waals surface area contributed by atoms with E-state index >= 15 is 0 Å². The lowest BCUT2D eigenvalue weighted by molar-refractivity contribution is -0.116. The molecule has 0 saturated heterocycles. The first-order valence-electron chi connectivity index (χ1n) is 6.39. The fourth-order valence-corrected chi connectivity index (χ4v) is 3.97. The zero-order valence-electron chi connectivity index (χ0n) is 11.7. The monoisotopic (exact) mass is 359 g/mol. The van der Waals surface area contributed by atoms with Crippen LogP contribution < -0.4 is 5.32 Å². The Bertz CT molecular complexity index is 652. The largest absolute Gasteiger partial charge is 0.326 e. The van der Waals surface area contributed by atoms with Gasteiger partial charge in [0.25, 0.3) is 0 Å². The van der Waals surface area contributed by atoms with E-state index in [0.29, 0.717) is 12.8 Å². The summed E-state index contributed by atoms with van der Waals surface area (Å²) in [5.74, 6) is 0.0251. The second kappa shape index (κ2) is 5.15. The fraction of sp³-hybridized carbons (Fsp3) is 0.500. The summed E-state index contributed by atoms with van der Waals surface area (Å²) in [5.41, 5.74) is 2.79. The van der Waals surface area contributed by atoms with E-state index in [1.54, 1.807) is 13.8 Å². The maximum atomic E-state index is 11.9. The van der Waals surface area contributed by atoms with Gasteiger partial charge in [0.2, 0.25) is 5.91 Å². The molecule has 20 heavy (non-hydrogen) atoms. The molecule has 1 aromatic rings. The maximum absolute atomic E-state index is 11.9. The number of halogens is 1. The van der Waals surface area contributed by atoms with Crippen molar-refractivity contribution in [2.75, 3.05) is 11.6 Å². The fourth-order valence-electron chi connectivity index (χ4n) is 2.15. The Balaban J connectivity index is 2.38. The van der Waals surface area contributed by atoms with Crippen molar-refractivity contribution in [3.63, 3.8) is 0 Å². The smallest absolute Gasteiger partial charge is 0.224 e. The molecule has 0 bridgehead atoms. The van der Waals surface area contributed by atoms with Gasteiger partial charge in [-0.15, -0.1) is 0 Å². The number of fused-ring (bicyclic) bond motifs is 1. The Morgan fingerprint density at radius 3 is 2.55 bits per heavy atom. The molecule has 0 fully saturated rings. The highest BCUT2D eigenvalue weighted by Crippen LogP contribution is 2.40. The molecule has 1 aromatic carbocycles. The number of nitrogens with one attached hydrogen (secondary N) is 1. The molecular formula is C14H18BrNO3S.